The van der Waals surface area contributed by atoms with Crippen LogP contribution in [0.25, 0.3) is 0 Å². The van der Waals surface area contributed by atoms with E-state index in [-0.39, 0.29) is 11.0 Å². The standard InChI is InChI=1S/C13H23N3O3S/c1-16-10-13(8-11(16)9-14)20(17,18)15-6-5-12-4-2-3-7-19-12/h8,10,12,15H,2-7,9,14H2,1H3. The maximum atomic E-state index is 12.1. The molecule has 0 radical (unpaired) electrons. The van der Waals surface area contributed by atoms with E-state index in [2.05, 4.69) is 4.72 Å². The Morgan fingerprint density at radius 2 is 2.30 bits per heavy atom. The zero-order valence-corrected chi connectivity index (χ0v) is 12.7. The lowest BCUT2D eigenvalue weighted by Gasteiger charge is -2.22. The molecule has 0 aromatic carbocycles. The summed E-state index contributed by atoms with van der Waals surface area (Å²) in [6.07, 6.45) is 5.77. The predicted octanol–water partition coefficient (Wildman–Crippen LogP) is 0.721. The first kappa shape index (κ1) is 15.5. The molecule has 3 N–H and O–H groups in total. The molecule has 1 aliphatic heterocycles. The maximum Gasteiger partial charge on any atom is 0.242 e. The fourth-order valence-corrected chi connectivity index (χ4v) is 3.54. The van der Waals surface area contributed by atoms with Crippen LogP contribution < -0.4 is 10.5 Å². The van der Waals surface area contributed by atoms with E-state index >= 15 is 0 Å². The molecule has 0 bridgehead atoms. The van der Waals surface area contributed by atoms with E-state index in [1.807, 2.05) is 0 Å². The topological polar surface area (TPSA) is 86.3 Å². The second kappa shape index (κ2) is 6.71. The first-order chi connectivity index (χ1) is 9.53. The Morgan fingerprint density at radius 3 is 2.90 bits per heavy atom. The Hall–Kier alpha value is -0.890. The molecule has 1 aliphatic rings. The molecule has 6 nitrogen and oxygen atoms in total. The summed E-state index contributed by atoms with van der Waals surface area (Å²) in [4.78, 5) is 0.269. The molecule has 0 aliphatic carbocycles. The molecule has 1 atom stereocenters. The van der Waals surface area contributed by atoms with Gasteiger partial charge in [-0.1, -0.05) is 0 Å². The van der Waals surface area contributed by atoms with Crippen molar-refractivity contribution < 1.29 is 13.2 Å². The van der Waals surface area contributed by atoms with Crippen LogP contribution in [0.3, 0.4) is 0 Å². The second-order valence-electron chi connectivity index (χ2n) is 5.16. The minimum atomic E-state index is -3.45. The predicted molar refractivity (Wildman–Crippen MR) is 76.7 cm³/mol. The number of nitrogens with zero attached hydrogens (tertiary/aromatic N) is 1. The number of ether oxygens (including phenoxy) is 1. The molecule has 20 heavy (non-hydrogen) atoms. The van der Waals surface area contributed by atoms with Gasteiger partial charge in [0.1, 0.15) is 0 Å². The van der Waals surface area contributed by atoms with Crippen molar-refractivity contribution in [2.45, 2.75) is 43.2 Å². The van der Waals surface area contributed by atoms with Gasteiger partial charge < -0.3 is 15.0 Å². The van der Waals surface area contributed by atoms with Gasteiger partial charge in [0.15, 0.2) is 0 Å². The molecule has 2 rings (SSSR count). The monoisotopic (exact) mass is 301 g/mol. The van der Waals surface area contributed by atoms with Crippen molar-refractivity contribution in [3.8, 4) is 0 Å². The number of nitrogens with one attached hydrogen (secondary N) is 1. The number of rotatable bonds is 6. The maximum absolute atomic E-state index is 12.1. The van der Waals surface area contributed by atoms with Gasteiger partial charge >= 0.3 is 0 Å². The summed E-state index contributed by atoms with van der Waals surface area (Å²) in [5.74, 6) is 0. The van der Waals surface area contributed by atoms with Crippen LogP contribution in [0.1, 0.15) is 31.4 Å². The van der Waals surface area contributed by atoms with Crippen LogP contribution in [0.2, 0.25) is 0 Å². The SMILES string of the molecule is Cn1cc(S(=O)(=O)NCCC2CCCCO2)cc1CN. The molecule has 0 saturated carbocycles. The molecule has 1 saturated heterocycles. The van der Waals surface area contributed by atoms with Gasteiger partial charge in [0.2, 0.25) is 10.0 Å². The van der Waals surface area contributed by atoms with Gasteiger partial charge in [-0.3, -0.25) is 0 Å². The molecule has 2 heterocycles. The Balaban J connectivity index is 1.89. The van der Waals surface area contributed by atoms with E-state index in [9.17, 15) is 8.42 Å². The van der Waals surface area contributed by atoms with E-state index in [1.165, 1.54) is 0 Å². The summed E-state index contributed by atoms with van der Waals surface area (Å²) in [6, 6.07) is 1.61. The van der Waals surface area contributed by atoms with Crippen LogP contribution in [-0.4, -0.2) is 32.2 Å². The quantitative estimate of drug-likeness (QED) is 0.810. The molecule has 114 valence electrons. The summed E-state index contributed by atoms with van der Waals surface area (Å²) >= 11 is 0. The molecule has 0 spiro atoms. The lowest BCUT2D eigenvalue weighted by molar-refractivity contribution is 0.0123. The molecular formula is C13H23N3O3S. The Morgan fingerprint density at radius 1 is 1.50 bits per heavy atom. The minimum absolute atomic E-state index is 0.182. The van der Waals surface area contributed by atoms with Gasteiger partial charge in [0, 0.05) is 38.6 Å². The van der Waals surface area contributed by atoms with Crippen molar-refractivity contribution in [2.75, 3.05) is 13.2 Å². The van der Waals surface area contributed by atoms with E-state index in [4.69, 9.17) is 10.5 Å². The fraction of sp³-hybridized carbons (Fsp3) is 0.692. The van der Waals surface area contributed by atoms with E-state index in [1.54, 1.807) is 23.9 Å². The first-order valence-electron chi connectivity index (χ1n) is 6.99. The van der Waals surface area contributed by atoms with Gasteiger partial charge in [-0.25, -0.2) is 13.1 Å². The molecule has 1 fully saturated rings. The number of nitrogens with two attached hydrogens (primary N) is 1. The smallest absolute Gasteiger partial charge is 0.242 e. The number of sulfonamides is 1. The number of aryl methyl sites for hydroxylation is 1. The zero-order chi connectivity index (χ0) is 14.6. The average molecular weight is 301 g/mol. The summed E-state index contributed by atoms with van der Waals surface area (Å²) in [7, 11) is -1.67. The van der Waals surface area contributed by atoms with Gasteiger partial charge in [0.25, 0.3) is 0 Å². The molecular weight excluding hydrogens is 278 g/mol. The highest BCUT2D eigenvalue weighted by atomic mass is 32.2. The highest BCUT2D eigenvalue weighted by Crippen LogP contribution is 2.16. The third-order valence-electron chi connectivity index (χ3n) is 3.63. The van der Waals surface area contributed by atoms with Crippen LogP contribution in [0.5, 0.6) is 0 Å². The van der Waals surface area contributed by atoms with Crippen molar-refractivity contribution in [1.29, 1.82) is 0 Å². The fourth-order valence-electron chi connectivity index (χ4n) is 2.40. The molecule has 0 amide bonds. The van der Waals surface area contributed by atoms with Crippen LogP contribution in [-0.2, 0) is 28.4 Å². The van der Waals surface area contributed by atoms with E-state index < -0.39 is 10.0 Å². The van der Waals surface area contributed by atoms with Crippen molar-refractivity contribution in [1.82, 2.24) is 9.29 Å². The summed E-state index contributed by atoms with van der Waals surface area (Å²) in [6.45, 7) is 1.51. The van der Waals surface area contributed by atoms with Crippen LogP contribution in [0, 0.1) is 0 Å². The summed E-state index contributed by atoms with van der Waals surface area (Å²) in [5, 5.41) is 0. The number of aromatic nitrogens is 1. The van der Waals surface area contributed by atoms with Gasteiger partial charge in [0.05, 0.1) is 11.0 Å². The van der Waals surface area contributed by atoms with Gasteiger partial charge in [-0.15, -0.1) is 0 Å². The number of hydrogen-bond donors (Lipinski definition) is 2. The Bertz CT molecular complexity index is 533. The molecule has 1 aromatic rings. The summed E-state index contributed by atoms with van der Waals surface area (Å²) < 4.78 is 34.2. The zero-order valence-electron chi connectivity index (χ0n) is 11.8. The normalized spacial score (nSPS) is 20.2. The Labute approximate surface area is 120 Å². The van der Waals surface area contributed by atoms with Crippen molar-refractivity contribution >= 4 is 10.0 Å². The van der Waals surface area contributed by atoms with Crippen LogP contribution in [0.15, 0.2) is 17.2 Å². The Kier molecular flexibility index (Phi) is 5.20. The average Bonchev–Trinajstić information content (AvgIpc) is 2.82. The highest BCUT2D eigenvalue weighted by molar-refractivity contribution is 7.89. The second-order valence-corrected chi connectivity index (χ2v) is 6.92. The van der Waals surface area contributed by atoms with Crippen LogP contribution in [0.4, 0.5) is 0 Å². The third kappa shape index (κ3) is 3.82. The lowest BCUT2D eigenvalue weighted by Crippen LogP contribution is -2.29. The van der Waals surface area contributed by atoms with Gasteiger partial charge in [-0.05, 0) is 31.7 Å². The van der Waals surface area contributed by atoms with Crippen molar-refractivity contribution in [3.05, 3.63) is 18.0 Å². The highest BCUT2D eigenvalue weighted by Gasteiger charge is 2.19. The third-order valence-corrected chi connectivity index (χ3v) is 5.06. The first-order valence-corrected chi connectivity index (χ1v) is 8.48. The molecule has 1 aromatic heterocycles. The largest absolute Gasteiger partial charge is 0.378 e. The molecule has 7 heteroatoms. The minimum Gasteiger partial charge on any atom is -0.378 e. The van der Waals surface area contributed by atoms with E-state index in [0.29, 0.717) is 13.1 Å². The molecule has 1 unspecified atom stereocenters. The van der Waals surface area contributed by atoms with E-state index in [0.717, 1.165) is 38.0 Å². The number of hydrogen-bond acceptors (Lipinski definition) is 4. The van der Waals surface area contributed by atoms with Crippen molar-refractivity contribution in [2.24, 2.45) is 12.8 Å². The summed E-state index contributed by atoms with van der Waals surface area (Å²) in [5.41, 5.74) is 6.34. The van der Waals surface area contributed by atoms with Crippen LogP contribution >= 0.6 is 0 Å². The lowest BCUT2D eigenvalue weighted by atomic mass is 10.1. The van der Waals surface area contributed by atoms with Gasteiger partial charge in [-0.2, -0.15) is 0 Å². The van der Waals surface area contributed by atoms with Crippen molar-refractivity contribution in [3.63, 3.8) is 0 Å².